The molecule has 2 nitrogen and oxygen atoms in total. The van der Waals surface area contributed by atoms with Crippen LogP contribution in [0.5, 0.6) is 0 Å². The van der Waals surface area contributed by atoms with Crippen molar-refractivity contribution in [3.8, 4) is 0 Å². The zero-order valence-electron chi connectivity index (χ0n) is 9.73. The fraction of sp³-hybridized carbons (Fsp3) is 0.462. The van der Waals surface area contributed by atoms with Crippen LogP contribution in [-0.4, -0.2) is 6.21 Å². The summed E-state index contributed by atoms with van der Waals surface area (Å²) in [6.07, 6.45) is 2.88. The van der Waals surface area contributed by atoms with Crippen molar-refractivity contribution < 1.29 is 4.84 Å². The molecule has 0 spiro atoms. The molecule has 1 aromatic rings. The first-order chi connectivity index (χ1) is 7.22. The van der Waals surface area contributed by atoms with Crippen LogP contribution in [0.1, 0.15) is 31.9 Å². The minimum atomic E-state index is 0.437. The third-order valence-corrected chi connectivity index (χ3v) is 2.10. The number of aryl methyl sites for hydroxylation is 1. The predicted octanol–water partition coefficient (Wildman–Crippen LogP) is 3.41. The minimum absolute atomic E-state index is 0.437. The predicted molar refractivity (Wildman–Crippen MR) is 63.9 cm³/mol. The molecule has 0 N–H and O–H groups in total. The summed E-state index contributed by atoms with van der Waals surface area (Å²) in [6, 6.07) is 8.43. The van der Waals surface area contributed by atoms with Crippen LogP contribution < -0.4 is 0 Å². The Balaban J connectivity index is 2.38. The van der Waals surface area contributed by atoms with E-state index in [1.54, 1.807) is 6.21 Å². The Bertz CT molecular complexity index is 301. The van der Waals surface area contributed by atoms with E-state index in [4.69, 9.17) is 4.84 Å². The van der Waals surface area contributed by atoms with Crippen LogP contribution in [0, 0.1) is 5.92 Å². The van der Waals surface area contributed by atoms with Crippen molar-refractivity contribution in [3.05, 3.63) is 35.4 Å². The van der Waals surface area contributed by atoms with Gasteiger partial charge in [-0.3, -0.25) is 0 Å². The highest BCUT2D eigenvalue weighted by molar-refractivity contribution is 5.58. The normalized spacial score (nSPS) is 11.2. The molecule has 0 bridgehead atoms. The molecule has 0 aliphatic heterocycles. The molecule has 0 unspecified atom stereocenters. The number of hydrogen-bond donors (Lipinski definition) is 0. The zero-order valence-corrected chi connectivity index (χ0v) is 9.73. The maximum atomic E-state index is 5.17. The van der Waals surface area contributed by atoms with Gasteiger partial charge in [-0.15, -0.1) is 0 Å². The van der Waals surface area contributed by atoms with E-state index in [-0.39, 0.29) is 0 Å². The third kappa shape index (κ3) is 4.63. The van der Waals surface area contributed by atoms with Crippen LogP contribution >= 0.6 is 0 Å². The minimum Gasteiger partial charge on any atom is -0.391 e. The van der Waals surface area contributed by atoms with Crippen molar-refractivity contribution in [1.29, 1.82) is 0 Å². The van der Waals surface area contributed by atoms with Crippen molar-refractivity contribution in [3.63, 3.8) is 0 Å². The van der Waals surface area contributed by atoms with Crippen LogP contribution in [0.25, 0.3) is 0 Å². The van der Waals surface area contributed by atoms with Gasteiger partial charge in [0.15, 0.2) is 0 Å². The van der Waals surface area contributed by atoms with Gasteiger partial charge in [-0.2, -0.15) is 0 Å². The molecule has 1 rings (SSSR count). The summed E-state index contributed by atoms with van der Waals surface area (Å²) in [5.74, 6) is 0.437. The molecule has 0 aromatic heterocycles. The summed E-state index contributed by atoms with van der Waals surface area (Å²) in [4.78, 5) is 5.17. The Morgan fingerprint density at radius 1 is 1.20 bits per heavy atom. The second-order valence-electron chi connectivity index (χ2n) is 3.94. The fourth-order valence-corrected chi connectivity index (χ4v) is 1.15. The van der Waals surface area contributed by atoms with Crippen molar-refractivity contribution in [2.45, 2.75) is 33.8 Å². The number of rotatable bonds is 5. The van der Waals surface area contributed by atoms with Gasteiger partial charge in [0.25, 0.3) is 0 Å². The van der Waals surface area contributed by atoms with Gasteiger partial charge in [0, 0.05) is 6.21 Å². The number of hydrogen-bond acceptors (Lipinski definition) is 2. The van der Waals surface area contributed by atoms with Crippen LogP contribution in [0.2, 0.25) is 0 Å². The first-order valence-corrected chi connectivity index (χ1v) is 5.45. The largest absolute Gasteiger partial charge is 0.391 e. The quantitative estimate of drug-likeness (QED) is 0.533. The van der Waals surface area contributed by atoms with Gasteiger partial charge in [0.2, 0.25) is 0 Å². The number of nitrogens with zero attached hydrogens (tertiary/aromatic N) is 1. The van der Waals surface area contributed by atoms with E-state index in [1.165, 1.54) is 5.56 Å². The van der Waals surface area contributed by atoms with E-state index < -0.39 is 0 Å². The van der Waals surface area contributed by atoms with Crippen LogP contribution in [0.15, 0.2) is 29.4 Å². The average molecular weight is 205 g/mol. The van der Waals surface area contributed by atoms with Crippen molar-refractivity contribution in [2.24, 2.45) is 11.1 Å². The van der Waals surface area contributed by atoms with Gasteiger partial charge >= 0.3 is 0 Å². The Morgan fingerprint density at radius 2 is 1.80 bits per heavy atom. The molecule has 0 atom stereocenters. The maximum absolute atomic E-state index is 5.17. The van der Waals surface area contributed by atoms with Crippen molar-refractivity contribution >= 4 is 6.21 Å². The highest BCUT2D eigenvalue weighted by atomic mass is 16.6. The highest BCUT2D eigenvalue weighted by Crippen LogP contribution is 2.06. The van der Waals surface area contributed by atoms with Crippen molar-refractivity contribution in [1.82, 2.24) is 0 Å². The lowest BCUT2D eigenvalue weighted by molar-refractivity contribution is 0.131. The zero-order chi connectivity index (χ0) is 11.1. The molecule has 0 fully saturated rings. The molecule has 0 heterocycles. The molecule has 2 heteroatoms. The molecule has 82 valence electrons. The van der Waals surface area contributed by atoms with E-state index in [1.807, 2.05) is 0 Å². The maximum Gasteiger partial charge on any atom is 0.142 e. The lowest BCUT2D eigenvalue weighted by Crippen LogP contribution is -1.91. The summed E-state index contributed by atoms with van der Waals surface area (Å²) in [5.41, 5.74) is 2.51. The smallest absolute Gasteiger partial charge is 0.142 e. The average Bonchev–Trinajstić information content (AvgIpc) is 2.25. The highest BCUT2D eigenvalue weighted by Gasteiger charge is 1.93. The van der Waals surface area contributed by atoms with Gasteiger partial charge in [-0.1, -0.05) is 50.2 Å². The molecule has 0 amide bonds. The Labute approximate surface area is 91.9 Å². The summed E-state index contributed by atoms with van der Waals surface area (Å²) >= 11 is 0. The Kier molecular flexibility index (Phi) is 4.88. The lowest BCUT2D eigenvalue weighted by Gasteiger charge is -2.01. The second-order valence-corrected chi connectivity index (χ2v) is 3.94. The molecule has 0 saturated heterocycles. The summed E-state index contributed by atoms with van der Waals surface area (Å²) < 4.78 is 0. The lowest BCUT2D eigenvalue weighted by atomic mass is 10.1. The van der Waals surface area contributed by atoms with E-state index in [9.17, 15) is 0 Å². The van der Waals surface area contributed by atoms with Gasteiger partial charge in [-0.05, 0) is 23.5 Å². The summed E-state index contributed by atoms with van der Waals surface area (Å²) in [6.45, 7) is 6.84. The molecule has 1 aromatic carbocycles. The first-order valence-electron chi connectivity index (χ1n) is 5.45. The van der Waals surface area contributed by atoms with E-state index in [2.05, 4.69) is 50.2 Å². The van der Waals surface area contributed by atoms with Crippen LogP contribution in [-0.2, 0) is 17.9 Å². The number of benzene rings is 1. The van der Waals surface area contributed by atoms with Gasteiger partial charge in [0.1, 0.15) is 6.61 Å². The molecular weight excluding hydrogens is 186 g/mol. The fourth-order valence-electron chi connectivity index (χ4n) is 1.15. The molecule has 0 aliphatic rings. The summed E-state index contributed by atoms with van der Waals surface area (Å²) in [5, 5.41) is 3.88. The Morgan fingerprint density at radius 3 is 2.33 bits per heavy atom. The first kappa shape index (κ1) is 11.8. The molecule has 0 saturated carbocycles. The van der Waals surface area contributed by atoms with Gasteiger partial charge in [0.05, 0.1) is 0 Å². The SMILES string of the molecule is CCc1ccc(CON=CC(C)C)cc1. The Hall–Kier alpha value is -1.31. The van der Waals surface area contributed by atoms with Gasteiger partial charge in [-0.25, -0.2) is 0 Å². The molecule has 0 aliphatic carbocycles. The van der Waals surface area contributed by atoms with E-state index in [0.29, 0.717) is 12.5 Å². The third-order valence-electron chi connectivity index (χ3n) is 2.10. The monoisotopic (exact) mass is 205 g/mol. The molecule has 15 heavy (non-hydrogen) atoms. The molecular formula is C13H19NO. The van der Waals surface area contributed by atoms with Crippen molar-refractivity contribution in [2.75, 3.05) is 0 Å². The van der Waals surface area contributed by atoms with Gasteiger partial charge < -0.3 is 4.84 Å². The molecule has 0 radical (unpaired) electrons. The number of oxime groups is 1. The second kappa shape index (κ2) is 6.23. The van der Waals surface area contributed by atoms with Crippen LogP contribution in [0.4, 0.5) is 0 Å². The van der Waals surface area contributed by atoms with Crippen LogP contribution in [0.3, 0.4) is 0 Å². The van der Waals surface area contributed by atoms with E-state index in [0.717, 1.165) is 12.0 Å². The summed E-state index contributed by atoms with van der Waals surface area (Å²) in [7, 11) is 0. The standard InChI is InChI=1S/C13H19NO/c1-4-12-5-7-13(8-6-12)10-15-14-9-11(2)3/h5-9,11H,4,10H2,1-3H3. The van der Waals surface area contributed by atoms with E-state index >= 15 is 0 Å². The topological polar surface area (TPSA) is 21.6 Å².